The average Bonchev–Trinajstić information content (AvgIpc) is 2.85. The second-order valence-corrected chi connectivity index (χ2v) is 6.82. The van der Waals surface area contributed by atoms with Gasteiger partial charge < -0.3 is 4.90 Å². The molecule has 0 saturated carbocycles. The van der Waals surface area contributed by atoms with Gasteiger partial charge in [-0.15, -0.1) is 10.2 Å². The predicted molar refractivity (Wildman–Crippen MR) is 89.3 cm³/mol. The van der Waals surface area contributed by atoms with E-state index in [9.17, 15) is 4.79 Å². The minimum absolute atomic E-state index is 0.0975. The van der Waals surface area contributed by atoms with Crippen LogP contribution in [0.25, 0.3) is 5.69 Å². The van der Waals surface area contributed by atoms with Crippen molar-refractivity contribution >= 4 is 17.7 Å². The number of para-hydroxylation sites is 1. The number of carbonyl (C=O) groups excluding carboxylic acids is 1. The molecular formula is C16H22N4OS. The van der Waals surface area contributed by atoms with Gasteiger partial charge in [0.2, 0.25) is 5.91 Å². The van der Waals surface area contributed by atoms with E-state index in [1.54, 1.807) is 19.0 Å². The van der Waals surface area contributed by atoms with Gasteiger partial charge in [-0.1, -0.05) is 43.8 Å². The lowest BCUT2D eigenvalue weighted by atomic mass is 10.1. The van der Waals surface area contributed by atoms with Gasteiger partial charge in [0.1, 0.15) is 5.82 Å². The van der Waals surface area contributed by atoms with E-state index in [-0.39, 0.29) is 17.1 Å². The Morgan fingerprint density at radius 1 is 1.18 bits per heavy atom. The van der Waals surface area contributed by atoms with E-state index in [0.29, 0.717) is 0 Å². The Balaban J connectivity index is 2.36. The summed E-state index contributed by atoms with van der Waals surface area (Å²) < 4.78 is 1.99. The first-order valence-corrected chi connectivity index (χ1v) is 8.15. The second kappa shape index (κ2) is 6.96. The summed E-state index contributed by atoms with van der Waals surface area (Å²) in [7, 11) is 3.57. The summed E-state index contributed by atoms with van der Waals surface area (Å²) in [4.78, 5) is 14.0. The number of nitrogens with zero attached hydrogens (tertiary/aromatic N) is 4. The number of hydrogen-bond donors (Lipinski definition) is 0. The zero-order valence-corrected chi connectivity index (χ0v) is 14.5. The SMILES string of the molecule is Cc1nnc(S[C@H](C(=O)N(C)C)C(C)C)n1-c1ccccc1. The number of amides is 1. The molecule has 0 spiro atoms. The number of rotatable bonds is 5. The summed E-state index contributed by atoms with van der Waals surface area (Å²) in [6.45, 7) is 6.02. The summed E-state index contributed by atoms with van der Waals surface area (Å²) in [5.41, 5.74) is 1.01. The zero-order valence-electron chi connectivity index (χ0n) is 13.6. The zero-order chi connectivity index (χ0) is 16.3. The summed E-state index contributed by atoms with van der Waals surface area (Å²) in [5.74, 6) is 1.12. The third kappa shape index (κ3) is 3.50. The maximum atomic E-state index is 12.4. The van der Waals surface area contributed by atoms with Crippen LogP contribution in [-0.4, -0.2) is 44.9 Å². The lowest BCUT2D eigenvalue weighted by Gasteiger charge is -2.22. The highest BCUT2D eigenvalue weighted by Crippen LogP contribution is 2.30. The van der Waals surface area contributed by atoms with Gasteiger partial charge in [0.15, 0.2) is 5.16 Å². The molecule has 0 N–H and O–H groups in total. The molecule has 0 radical (unpaired) electrons. The summed E-state index contributed by atoms with van der Waals surface area (Å²) >= 11 is 1.47. The van der Waals surface area contributed by atoms with Crippen molar-refractivity contribution in [3.05, 3.63) is 36.2 Å². The van der Waals surface area contributed by atoms with E-state index < -0.39 is 0 Å². The molecule has 6 heteroatoms. The van der Waals surface area contributed by atoms with Crippen LogP contribution < -0.4 is 0 Å². The van der Waals surface area contributed by atoms with Crippen LogP contribution in [0.5, 0.6) is 0 Å². The molecule has 0 aliphatic carbocycles. The van der Waals surface area contributed by atoms with Gasteiger partial charge in [0.05, 0.1) is 5.25 Å². The van der Waals surface area contributed by atoms with Crippen molar-refractivity contribution in [2.75, 3.05) is 14.1 Å². The van der Waals surface area contributed by atoms with Crippen molar-refractivity contribution in [1.29, 1.82) is 0 Å². The molecule has 2 rings (SSSR count). The highest BCUT2D eigenvalue weighted by atomic mass is 32.2. The summed E-state index contributed by atoms with van der Waals surface area (Å²) in [6.07, 6.45) is 0. The number of aromatic nitrogens is 3. The number of hydrogen-bond acceptors (Lipinski definition) is 4. The molecule has 2 aromatic rings. The van der Waals surface area contributed by atoms with Crippen molar-refractivity contribution in [3.8, 4) is 5.69 Å². The summed E-state index contributed by atoms with van der Waals surface area (Å²) in [5, 5.41) is 9.01. The molecule has 1 aromatic heterocycles. The van der Waals surface area contributed by atoms with Crippen molar-refractivity contribution in [3.63, 3.8) is 0 Å². The average molecular weight is 318 g/mol. The Morgan fingerprint density at radius 2 is 1.82 bits per heavy atom. The van der Waals surface area contributed by atoms with Crippen LogP contribution >= 0.6 is 11.8 Å². The Hall–Kier alpha value is -1.82. The molecule has 0 aliphatic heterocycles. The second-order valence-electron chi connectivity index (χ2n) is 5.72. The molecule has 0 unspecified atom stereocenters. The Bertz CT molecular complexity index is 637. The number of thioether (sulfide) groups is 1. The van der Waals surface area contributed by atoms with Crippen molar-refractivity contribution in [2.24, 2.45) is 5.92 Å². The van der Waals surface area contributed by atoms with Gasteiger partial charge >= 0.3 is 0 Å². The minimum Gasteiger partial charge on any atom is -0.348 e. The topological polar surface area (TPSA) is 51.0 Å². The van der Waals surface area contributed by atoms with Crippen molar-refractivity contribution in [1.82, 2.24) is 19.7 Å². The van der Waals surface area contributed by atoms with Crippen LogP contribution in [0, 0.1) is 12.8 Å². The van der Waals surface area contributed by atoms with Crippen LogP contribution in [0.4, 0.5) is 0 Å². The minimum atomic E-state index is -0.180. The van der Waals surface area contributed by atoms with Crippen LogP contribution in [0.15, 0.2) is 35.5 Å². The normalized spacial score (nSPS) is 12.5. The van der Waals surface area contributed by atoms with E-state index in [1.807, 2.05) is 41.8 Å². The molecular weight excluding hydrogens is 296 g/mol. The van der Waals surface area contributed by atoms with E-state index in [4.69, 9.17) is 0 Å². The van der Waals surface area contributed by atoms with Gasteiger partial charge in [0.25, 0.3) is 0 Å². The first kappa shape index (κ1) is 16.5. The van der Waals surface area contributed by atoms with Gasteiger partial charge in [-0.25, -0.2) is 0 Å². The maximum absolute atomic E-state index is 12.4. The molecule has 5 nitrogen and oxygen atoms in total. The fourth-order valence-corrected chi connectivity index (χ4v) is 3.38. The highest BCUT2D eigenvalue weighted by molar-refractivity contribution is 8.00. The maximum Gasteiger partial charge on any atom is 0.235 e. The molecule has 1 aromatic carbocycles. The molecule has 0 saturated heterocycles. The lowest BCUT2D eigenvalue weighted by Crippen LogP contribution is -2.35. The van der Waals surface area contributed by atoms with E-state index in [0.717, 1.165) is 16.7 Å². The molecule has 1 amide bonds. The number of aryl methyl sites for hydroxylation is 1. The number of carbonyl (C=O) groups is 1. The van der Waals surface area contributed by atoms with Crippen molar-refractivity contribution in [2.45, 2.75) is 31.2 Å². The van der Waals surface area contributed by atoms with Crippen molar-refractivity contribution < 1.29 is 4.79 Å². The van der Waals surface area contributed by atoms with Gasteiger partial charge in [-0.05, 0) is 25.0 Å². The first-order chi connectivity index (χ1) is 10.4. The van der Waals surface area contributed by atoms with Crippen LogP contribution in [0.3, 0.4) is 0 Å². The molecule has 22 heavy (non-hydrogen) atoms. The van der Waals surface area contributed by atoms with Crippen LogP contribution in [0.1, 0.15) is 19.7 Å². The quantitative estimate of drug-likeness (QED) is 0.796. The van der Waals surface area contributed by atoms with Crippen LogP contribution in [0.2, 0.25) is 0 Å². The molecule has 1 heterocycles. The Morgan fingerprint density at radius 3 is 2.36 bits per heavy atom. The molecule has 0 bridgehead atoms. The monoisotopic (exact) mass is 318 g/mol. The van der Waals surface area contributed by atoms with Gasteiger partial charge in [0, 0.05) is 19.8 Å². The third-order valence-corrected chi connectivity index (χ3v) is 4.81. The first-order valence-electron chi connectivity index (χ1n) is 7.27. The molecule has 1 atom stereocenters. The number of benzene rings is 1. The standard InChI is InChI=1S/C16H22N4OS/c1-11(2)14(15(21)19(4)5)22-16-18-17-12(3)20(16)13-9-7-6-8-10-13/h6-11,14H,1-5H3/t14-/m0/s1. The smallest absolute Gasteiger partial charge is 0.235 e. The fraction of sp³-hybridized carbons (Fsp3) is 0.438. The Kier molecular flexibility index (Phi) is 5.24. The van der Waals surface area contributed by atoms with Gasteiger partial charge in [-0.2, -0.15) is 0 Å². The summed E-state index contributed by atoms with van der Waals surface area (Å²) in [6, 6.07) is 9.96. The van der Waals surface area contributed by atoms with Crippen LogP contribution in [-0.2, 0) is 4.79 Å². The predicted octanol–water partition coefficient (Wildman–Crippen LogP) is 2.78. The fourth-order valence-electron chi connectivity index (χ4n) is 2.13. The van der Waals surface area contributed by atoms with E-state index in [1.165, 1.54) is 11.8 Å². The van der Waals surface area contributed by atoms with E-state index in [2.05, 4.69) is 24.0 Å². The lowest BCUT2D eigenvalue weighted by molar-refractivity contribution is -0.128. The highest BCUT2D eigenvalue weighted by Gasteiger charge is 2.27. The molecule has 0 aliphatic rings. The van der Waals surface area contributed by atoms with E-state index >= 15 is 0 Å². The Labute approximate surface area is 135 Å². The largest absolute Gasteiger partial charge is 0.348 e. The third-order valence-electron chi connectivity index (χ3n) is 3.33. The molecule has 118 valence electrons. The molecule has 0 fully saturated rings. The van der Waals surface area contributed by atoms with Gasteiger partial charge in [-0.3, -0.25) is 9.36 Å².